The Balaban J connectivity index is 2.05. The van der Waals surface area contributed by atoms with E-state index in [1.165, 1.54) is 23.6 Å². The van der Waals surface area contributed by atoms with Gasteiger partial charge in [-0.15, -0.1) is 11.3 Å². The third-order valence-corrected chi connectivity index (χ3v) is 3.02. The van der Waals surface area contributed by atoms with Gasteiger partial charge in [-0.05, 0) is 18.2 Å². The summed E-state index contributed by atoms with van der Waals surface area (Å²) in [5.74, 6) is -0.939. The van der Waals surface area contributed by atoms with Crippen molar-refractivity contribution in [2.45, 2.75) is 0 Å². The Hall–Kier alpha value is -2.41. The summed E-state index contributed by atoms with van der Waals surface area (Å²) < 4.78 is 0. The number of hydrogen-bond donors (Lipinski definition) is 3. The van der Waals surface area contributed by atoms with E-state index in [0.717, 1.165) is 6.08 Å². The lowest BCUT2D eigenvalue weighted by Gasteiger charge is -1.97. The molecule has 0 bridgehead atoms. The Bertz CT molecular complexity index is 586. The van der Waals surface area contributed by atoms with Gasteiger partial charge in [-0.1, -0.05) is 0 Å². The highest BCUT2D eigenvalue weighted by Crippen LogP contribution is 2.18. The molecule has 0 aromatic carbocycles. The average molecular weight is 263 g/mol. The summed E-state index contributed by atoms with van der Waals surface area (Å²) in [5, 5.41) is 11.1. The number of rotatable bonds is 4. The summed E-state index contributed by atoms with van der Waals surface area (Å²) in [6.45, 7) is 0. The van der Waals surface area contributed by atoms with Crippen LogP contribution in [0.3, 0.4) is 0 Å². The number of hydrogen-bond acceptors (Lipinski definition) is 4. The van der Waals surface area contributed by atoms with E-state index in [1.54, 1.807) is 18.3 Å². The van der Waals surface area contributed by atoms with Crippen LogP contribution in [0, 0.1) is 0 Å². The van der Waals surface area contributed by atoms with E-state index < -0.39 is 5.97 Å². The molecule has 0 aliphatic carbocycles. The first-order valence-corrected chi connectivity index (χ1v) is 5.78. The Kier molecular flexibility index (Phi) is 3.54. The van der Waals surface area contributed by atoms with E-state index in [-0.39, 0.29) is 5.91 Å². The minimum Gasteiger partial charge on any atom is -0.478 e. The molecule has 3 N–H and O–H groups in total. The van der Waals surface area contributed by atoms with Crippen molar-refractivity contribution >= 4 is 35.2 Å². The summed E-state index contributed by atoms with van der Waals surface area (Å²) in [4.78, 5) is 29.9. The van der Waals surface area contributed by atoms with Gasteiger partial charge in [0.05, 0.1) is 4.88 Å². The van der Waals surface area contributed by atoms with Crippen LogP contribution in [0.15, 0.2) is 30.6 Å². The van der Waals surface area contributed by atoms with Gasteiger partial charge in [0.2, 0.25) is 5.95 Å². The van der Waals surface area contributed by atoms with Crippen molar-refractivity contribution in [3.05, 3.63) is 40.4 Å². The number of imidazole rings is 1. The van der Waals surface area contributed by atoms with Crippen molar-refractivity contribution in [1.82, 2.24) is 9.97 Å². The maximum absolute atomic E-state index is 11.8. The van der Waals surface area contributed by atoms with Crippen LogP contribution in [0.2, 0.25) is 0 Å². The molecule has 2 aromatic heterocycles. The highest BCUT2D eigenvalue weighted by molar-refractivity contribution is 7.15. The number of carbonyl (C=O) groups is 2. The van der Waals surface area contributed by atoms with Crippen molar-refractivity contribution in [1.29, 1.82) is 0 Å². The normalized spacial score (nSPS) is 10.7. The molecule has 7 heteroatoms. The third-order valence-electron chi connectivity index (χ3n) is 1.97. The van der Waals surface area contributed by atoms with Gasteiger partial charge >= 0.3 is 5.97 Å². The number of amides is 1. The standard InChI is InChI=1S/C11H9N3O3S/c15-9(16)4-2-7-1-3-8(18-7)10(17)14-11-12-5-6-13-11/h1-6H,(H,15,16)(H2,12,13,14,17). The SMILES string of the molecule is O=C(O)C=Cc1ccc(C(=O)Nc2ncc[nH]2)s1. The molecule has 2 rings (SSSR count). The van der Waals surface area contributed by atoms with Crippen LogP contribution in [-0.2, 0) is 4.79 Å². The molecule has 0 saturated heterocycles. The molecule has 0 unspecified atom stereocenters. The molecule has 0 aliphatic rings. The Morgan fingerprint density at radius 3 is 2.94 bits per heavy atom. The molecule has 0 spiro atoms. The van der Waals surface area contributed by atoms with Crippen LogP contribution in [0.1, 0.15) is 14.5 Å². The molecule has 0 saturated carbocycles. The van der Waals surface area contributed by atoms with Gasteiger partial charge in [0.1, 0.15) is 0 Å². The van der Waals surface area contributed by atoms with E-state index >= 15 is 0 Å². The Labute approximate surface area is 106 Å². The number of carbonyl (C=O) groups excluding carboxylic acids is 1. The van der Waals surface area contributed by atoms with Crippen LogP contribution >= 0.6 is 11.3 Å². The summed E-state index contributed by atoms with van der Waals surface area (Å²) in [6, 6.07) is 3.31. The second-order valence-corrected chi connectivity index (χ2v) is 4.38. The fourth-order valence-electron chi connectivity index (χ4n) is 1.22. The number of H-pyrrole nitrogens is 1. The molecular formula is C11H9N3O3S. The number of aliphatic carboxylic acids is 1. The largest absolute Gasteiger partial charge is 0.478 e. The van der Waals surface area contributed by atoms with Crippen LogP contribution in [0.4, 0.5) is 5.95 Å². The van der Waals surface area contributed by atoms with Gasteiger partial charge in [-0.2, -0.15) is 0 Å². The van der Waals surface area contributed by atoms with Crippen LogP contribution in [0.5, 0.6) is 0 Å². The smallest absolute Gasteiger partial charge is 0.328 e. The Morgan fingerprint density at radius 1 is 1.44 bits per heavy atom. The van der Waals surface area contributed by atoms with E-state index in [2.05, 4.69) is 15.3 Å². The number of anilines is 1. The topological polar surface area (TPSA) is 95.1 Å². The van der Waals surface area contributed by atoms with Gasteiger partial charge in [-0.3, -0.25) is 10.1 Å². The summed E-state index contributed by atoms with van der Waals surface area (Å²) >= 11 is 1.20. The number of carboxylic acid groups (broad SMARTS) is 1. The van der Waals surface area contributed by atoms with E-state index in [0.29, 0.717) is 15.7 Å². The van der Waals surface area contributed by atoms with Gasteiger partial charge in [0.25, 0.3) is 5.91 Å². The zero-order valence-corrected chi connectivity index (χ0v) is 9.90. The molecule has 0 radical (unpaired) electrons. The third kappa shape index (κ3) is 3.05. The second kappa shape index (κ2) is 5.28. The predicted octanol–water partition coefficient (Wildman–Crippen LogP) is 1.82. The number of aromatic amines is 1. The molecule has 2 aromatic rings. The van der Waals surface area contributed by atoms with Crippen LogP contribution in [-0.4, -0.2) is 27.0 Å². The number of thiophene rings is 1. The summed E-state index contributed by atoms with van der Waals surface area (Å²) in [7, 11) is 0. The predicted molar refractivity (Wildman–Crippen MR) is 67.5 cm³/mol. The van der Waals surface area contributed by atoms with Crippen LogP contribution < -0.4 is 5.32 Å². The first kappa shape index (κ1) is 12.1. The number of nitrogens with one attached hydrogen (secondary N) is 2. The lowest BCUT2D eigenvalue weighted by Crippen LogP contribution is -2.11. The highest BCUT2D eigenvalue weighted by atomic mass is 32.1. The summed E-state index contributed by atoms with van der Waals surface area (Å²) in [6.07, 6.45) is 5.60. The van der Waals surface area contributed by atoms with E-state index in [1.807, 2.05) is 0 Å². The highest BCUT2D eigenvalue weighted by Gasteiger charge is 2.09. The molecule has 0 aliphatic heterocycles. The number of aromatic nitrogens is 2. The second-order valence-electron chi connectivity index (χ2n) is 3.27. The van der Waals surface area contributed by atoms with Crippen molar-refractivity contribution in [2.75, 3.05) is 5.32 Å². The van der Waals surface area contributed by atoms with E-state index in [4.69, 9.17) is 5.11 Å². The van der Waals surface area contributed by atoms with Gasteiger partial charge in [-0.25, -0.2) is 9.78 Å². The minimum absolute atomic E-state index is 0.287. The molecule has 1 amide bonds. The maximum Gasteiger partial charge on any atom is 0.328 e. The molecule has 18 heavy (non-hydrogen) atoms. The van der Waals surface area contributed by atoms with Gasteiger partial charge in [0, 0.05) is 23.3 Å². The number of nitrogens with zero attached hydrogens (tertiary/aromatic N) is 1. The molecule has 0 atom stereocenters. The Morgan fingerprint density at radius 2 is 2.28 bits per heavy atom. The lowest BCUT2D eigenvalue weighted by atomic mass is 10.4. The fraction of sp³-hybridized carbons (Fsp3) is 0. The maximum atomic E-state index is 11.8. The first-order chi connectivity index (χ1) is 8.65. The zero-order chi connectivity index (χ0) is 13.0. The van der Waals surface area contributed by atoms with Gasteiger partial charge < -0.3 is 10.1 Å². The monoisotopic (exact) mass is 263 g/mol. The molecule has 2 heterocycles. The molecule has 6 nitrogen and oxygen atoms in total. The summed E-state index contributed by atoms with van der Waals surface area (Å²) in [5.41, 5.74) is 0. The minimum atomic E-state index is -1.02. The zero-order valence-electron chi connectivity index (χ0n) is 9.08. The quantitative estimate of drug-likeness (QED) is 0.733. The first-order valence-electron chi connectivity index (χ1n) is 4.97. The van der Waals surface area contributed by atoms with Crippen molar-refractivity contribution in [3.8, 4) is 0 Å². The van der Waals surface area contributed by atoms with Crippen molar-refractivity contribution in [3.63, 3.8) is 0 Å². The molecule has 0 fully saturated rings. The molecular weight excluding hydrogens is 254 g/mol. The number of carboxylic acids is 1. The molecule has 92 valence electrons. The average Bonchev–Trinajstić information content (AvgIpc) is 2.96. The van der Waals surface area contributed by atoms with Gasteiger partial charge in [0.15, 0.2) is 0 Å². The van der Waals surface area contributed by atoms with Crippen LogP contribution in [0.25, 0.3) is 6.08 Å². The van der Waals surface area contributed by atoms with Crippen molar-refractivity contribution < 1.29 is 14.7 Å². The fourth-order valence-corrected chi connectivity index (χ4v) is 2.03. The van der Waals surface area contributed by atoms with E-state index in [9.17, 15) is 9.59 Å². The lowest BCUT2D eigenvalue weighted by molar-refractivity contribution is -0.131. The van der Waals surface area contributed by atoms with Crippen molar-refractivity contribution in [2.24, 2.45) is 0 Å².